The van der Waals surface area contributed by atoms with Crippen molar-refractivity contribution in [3.63, 3.8) is 0 Å². The molecule has 2 atom stereocenters. The lowest BCUT2D eigenvalue weighted by atomic mass is 9.94. The summed E-state index contributed by atoms with van der Waals surface area (Å²) in [6, 6.07) is 0.233. The molecule has 0 spiro atoms. The van der Waals surface area contributed by atoms with Gasteiger partial charge in [0, 0.05) is 13.1 Å². The van der Waals surface area contributed by atoms with Crippen LogP contribution in [-0.2, 0) is 9.53 Å². The van der Waals surface area contributed by atoms with Crippen molar-refractivity contribution >= 4 is 30.8 Å². The number of nitrogens with one attached hydrogen (secondary N) is 2. The van der Waals surface area contributed by atoms with Crippen LogP contribution in [0.1, 0.15) is 12.8 Å². The predicted molar refractivity (Wildman–Crippen MR) is 60.1 cm³/mol. The highest BCUT2D eigenvalue weighted by atomic mass is 32.1. The minimum absolute atomic E-state index is 0.0317. The van der Waals surface area contributed by atoms with Crippen LogP contribution in [0.3, 0.4) is 0 Å². The molecule has 0 aliphatic carbocycles. The zero-order chi connectivity index (χ0) is 10.4. The van der Waals surface area contributed by atoms with Crippen molar-refractivity contribution in [1.29, 1.82) is 0 Å². The van der Waals surface area contributed by atoms with Gasteiger partial charge in [0.05, 0.1) is 12.8 Å². The van der Waals surface area contributed by atoms with E-state index in [0.29, 0.717) is 6.61 Å². The molecule has 0 unspecified atom stereocenters. The second kappa shape index (κ2) is 6.11. The van der Waals surface area contributed by atoms with E-state index in [9.17, 15) is 4.79 Å². The number of likely N-dealkylation sites (N-methyl/N-ethyl adjacent to an activating group) is 1. The molecule has 0 saturated carbocycles. The lowest BCUT2D eigenvalue weighted by molar-refractivity contribution is 0.0416. The average Bonchev–Trinajstić information content (AvgIpc) is 2.26. The van der Waals surface area contributed by atoms with Crippen molar-refractivity contribution in [3.8, 4) is 0 Å². The van der Waals surface area contributed by atoms with E-state index in [1.54, 1.807) is 7.05 Å². The van der Waals surface area contributed by atoms with Crippen LogP contribution < -0.4 is 10.5 Å². The van der Waals surface area contributed by atoms with Gasteiger partial charge in [-0.15, -0.1) is 0 Å². The standard InChI is InChI=1S/C8H14BN2O2S/c1-10-8(14)7-3-2-6(4-13-7)11-9-5-12/h5-7,11H,2-4H2,1H3,(H,10,14)/t6-,7+/m1/s1. The summed E-state index contributed by atoms with van der Waals surface area (Å²) in [5.74, 6) is 0. The van der Waals surface area contributed by atoms with E-state index >= 15 is 0 Å². The molecular weight excluding hydrogens is 199 g/mol. The van der Waals surface area contributed by atoms with E-state index in [-0.39, 0.29) is 12.1 Å². The highest BCUT2D eigenvalue weighted by Crippen LogP contribution is 2.13. The number of carbonyl (C=O) groups is 1. The second-order valence-electron chi connectivity index (χ2n) is 3.18. The number of hydrogen-bond acceptors (Lipinski definition) is 4. The van der Waals surface area contributed by atoms with Gasteiger partial charge in [0.25, 0.3) is 7.41 Å². The molecule has 1 radical (unpaired) electrons. The van der Waals surface area contributed by atoms with Crippen molar-refractivity contribution < 1.29 is 9.53 Å². The number of carbonyl (C=O) groups excluding carboxylic acids is 1. The van der Waals surface area contributed by atoms with Crippen molar-refractivity contribution in [3.05, 3.63) is 0 Å². The Morgan fingerprint density at radius 2 is 2.43 bits per heavy atom. The van der Waals surface area contributed by atoms with E-state index in [2.05, 4.69) is 10.5 Å². The number of hydrogen-bond donors (Lipinski definition) is 2. The normalized spacial score (nSPS) is 26.6. The van der Waals surface area contributed by atoms with Crippen molar-refractivity contribution in [2.45, 2.75) is 25.0 Å². The Balaban J connectivity index is 2.24. The maximum atomic E-state index is 10.1. The maximum Gasteiger partial charge on any atom is 0.290 e. The van der Waals surface area contributed by atoms with Crippen LogP contribution in [0.15, 0.2) is 0 Å². The van der Waals surface area contributed by atoms with Gasteiger partial charge in [-0.05, 0) is 12.8 Å². The third-order valence-corrected chi connectivity index (χ3v) is 2.68. The van der Waals surface area contributed by atoms with Crippen LogP contribution in [-0.4, -0.2) is 44.4 Å². The Bertz CT molecular complexity index is 208. The van der Waals surface area contributed by atoms with Gasteiger partial charge >= 0.3 is 0 Å². The lowest BCUT2D eigenvalue weighted by Gasteiger charge is -2.29. The molecule has 1 fully saturated rings. The molecule has 4 nitrogen and oxygen atoms in total. The van der Waals surface area contributed by atoms with Gasteiger partial charge in [-0.3, -0.25) is 0 Å². The van der Waals surface area contributed by atoms with Crippen LogP contribution in [0.2, 0.25) is 0 Å². The molecule has 77 valence electrons. The van der Waals surface area contributed by atoms with Crippen LogP contribution in [0.4, 0.5) is 0 Å². The third-order valence-electron chi connectivity index (χ3n) is 2.21. The number of thiocarbonyl (C=S) groups is 1. The Morgan fingerprint density at radius 1 is 1.64 bits per heavy atom. The molecule has 1 rings (SSSR count). The SMILES string of the molecule is CNC(=S)[C@@H]1CC[C@@H](N[B]C=O)CO1. The zero-order valence-electron chi connectivity index (χ0n) is 8.16. The summed E-state index contributed by atoms with van der Waals surface area (Å²) in [4.78, 5) is 10.8. The monoisotopic (exact) mass is 213 g/mol. The topological polar surface area (TPSA) is 50.4 Å². The van der Waals surface area contributed by atoms with E-state index < -0.39 is 0 Å². The molecule has 0 bridgehead atoms. The second-order valence-corrected chi connectivity index (χ2v) is 3.62. The highest BCUT2D eigenvalue weighted by molar-refractivity contribution is 7.80. The van der Waals surface area contributed by atoms with Gasteiger partial charge in [-0.2, -0.15) is 0 Å². The maximum absolute atomic E-state index is 10.1. The molecule has 6 heteroatoms. The molecule has 1 saturated heterocycles. The van der Waals surface area contributed by atoms with Gasteiger partial charge in [-0.1, -0.05) is 12.2 Å². The highest BCUT2D eigenvalue weighted by Gasteiger charge is 2.23. The Morgan fingerprint density at radius 3 is 2.93 bits per heavy atom. The van der Waals surface area contributed by atoms with E-state index in [0.717, 1.165) is 24.0 Å². The summed E-state index contributed by atoms with van der Waals surface area (Å²) < 4.78 is 5.54. The molecule has 14 heavy (non-hydrogen) atoms. The fraction of sp³-hybridized carbons (Fsp3) is 0.750. The van der Waals surface area contributed by atoms with Gasteiger partial charge in [0.15, 0.2) is 0 Å². The summed E-state index contributed by atoms with van der Waals surface area (Å²) >= 11 is 5.08. The first-order valence-corrected chi connectivity index (χ1v) is 5.05. The van der Waals surface area contributed by atoms with E-state index in [1.807, 2.05) is 0 Å². The summed E-state index contributed by atoms with van der Waals surface area (Å²) in [7, 11) is 3.21. The Hall–Kier alpha value is -0.455. The van der Waals surface area contributed by atoms with Gasteiger partial charge < -0.3 is 20.1 Å². The molecular formula is C8H14BN2O2S. The largest absolute Gasteiger partial charge is 0.381 e. The van der Waals surface area contributed by atoms with E-state index in [1.165, 1.54) is 7.41 Å². The summed E-state index contributed by atoms with van der Waals surface area (Å²) in [6.07, 6.45) is 2.63. The first-order valence-electron chi connectivity index (χ1n) is 4.64. The number of ether oxygens (including phenoxy) is 1. The zero-order valence-corrected chi connectivity index (χ0v) is 8.97. The molecule has 1 heterocycles. The van der Waals surface area contributed by atoms with E-state index in [4.69, 9.17) is 17.0 Å². The number of rotatable bonds is 4. The molecule has 0 aromatic carbocycles. The van der Waals surface area contributed by atoms with Crippen LogP contribution in [0.25, 0.3) is 0 Å². The Labute approximate surface area is 90.0 Å². The smallest absolute Gasteiger partial charge is 0.290 e. The minimum Gasteiger partial charge on any atom is -0.381 e. The third kappa shape index (κ3) is 3.36. The first-order chi connectivity index (χ1) is 6.77. The van der Waals surface area contributed by atoms with Crippen LogP contribution in [0, 0.1) is 0 Å². The average molecular weight is 213 g/mol. The van der Waals surface area contributed by atoms with Gasteiger partial charge in [0.1, 0.15) is 11.1 Å². The van der Waals surface area contributed by atoms with Crippen molar-refractivity contribution in [1.82, 2.24) is 10.5 Å². The van der Waals surface area contributed by atoms with Crippen LogP contribution in [0.5, 0.6) is 0 Å². The molecule has 1 aliphatic heterocycles. The molecule has 0 aromatic rings. The summed E-state index contributed by atoms with van der Waals surface area (Å²) in [6.45, 7) is 0.594. The van der Waals surface area contributed by atoms with Gasteiger partial charge in [0.2, 0.25) is 0 Å². The predicted octanol–water partition coefficient (Wildman–Crippen LogP) is -0.520. The minimum atomic E-state index is 0.0317. The Kier molecular flexibility index (Phi) is 5.07. The summed E-state index contributed by atoms with van der Waals surface area (Å²) in [5.41, 5.74) is 0. The van der Waals surface area contributed by atoms with Crippen molar-refractivity contribution in [2.24, 2.45) is 0 Å². The van der Waals surface area contributed by atoms with Crippen LogP contribution >= 0.6 is 12.2 Å². The lowest BCUT2D eigenvalue weighted by Crippen LogP contribution is -2.45. The molecule has 2 N–H and O–H groups in total. The molecule has 0 aromatic heterocycles. The van der Waals surface area contributed by atoms with Crippen molar-refractivity contribution in [2.75, 3.05) is 13.7 Å². The first kappa shape index (κ1) is 11.6. The fourth-order valence-electron chi connectivity index (χ4n) is 1.43. The quantitative estimate of drug-likeness (QED) is 0.374. The fourth-order valence-corrected chi connectivity index (χ4v) is 1.61. The summed E-state index contributed by atoms with van der Waals surface area (Å²) in [5, 5.41) is 5.88. The molecule has 1 aliphatic rings. The molecule has 0 amide bonds. The van der Waals surface area contributed by atoms with Gasteiger partial charge in [-0.25, -0.2) is 0 Å².